The maximum absolute atomic E-state index is 6.09. The van der Waals surface area contributed by atoms with Gasteiger partial charge in [0.2, 0.25) is 5.16 Å². The molecule has 17 heavy (non-hydrogen) atoms. The molecule has 1 atom stereocenters. The Bertz CT molecular complexity index is 495. The van der Waals surface area contributed by atoms with Crippen molar-refractivity contribution in [2.75, 3.05) is 0 Å². The van der Waals surface area contributed by atoms with Crippen LogP contribution in [0.3, 0.4) is 0 Å². The minimum atomic E-state index is 0.0683. The smallest absolute Gasteiger partial charge is 0.213 e. The lowest BCUT2D eigenvalue weighted by Gasteiger charge is -2.13. The van der Waals surface area contributed by atoms with Crippen LogP contribution in [0.25, 0.3) is 0 Å². The van der Waals surface area contributed by atoms with Gasteiger partial charge in [0, 0.05) is 10.9 Å². The van der Waals surface area contributed by atoms with Crippen LogP contribution in [0, 0.1) is 6.92 Å². The Kier molecular flexibility index (Phi) is 3.81. The van der Waals surface area contributed by atoms with Crippen LogP contribution in [0.5, 0.6) is 0 Å². The number of hydrogen-bond acceptors (Lipinski definition) is 4. The van der Waals surface area contributed by atoms with E-state index in [0.29, 0.717) is 0 Å². The first-order valence-corrected chi connectivity index (χ1v) is 6.43. The van der Waals surface area contributed by atoms with E-state index in [1.165, 1.54) is 0 Å². The normalized spacial score (nSPS) is 12.6. The van der Waals surface area contributed by atoms with Gasteiger partial charge >= 0.3 is 0 Å². The molecule has 3 N–H and O–H groups in total. The standard InChI is InChI=1S/C12H16N4S/c1-3-10(13)9-6-4-5-7-11(9)17-12-14-8(2)15-16-12/h4-7,10H,3,13H2,1-2H3,(H,14,15,16)/t10-/m1/s1. The Labute approximate surface area is 105 Å². The third kappa shape index (κ3) is 2.87. The van der Waals surface area contributed by atoms with Gasteiger partial charge in [0.25, 0.3) is 0 Å². The average molecular weight is 248 g/mol. The molecule has 0 spiro atoms. The van der Waals surface area contributed by atoms with Gasteiger partial charge in [0.15, 0.2) is 0 Å². The van der Waals surface area contributed by atoms with Gasteiger partial charge in [0.05, 0.1) is 0 Å². The summed E-state index contributed by atoms with van der Waals surface area (Å²) in [5.41, 5.74) is 7.25. The lowest BCUT2D eigenvalue weighted by Crippen LogP contribution is -2.09. The second-order valence-corrected chi connectivity index (χ2v) is 4.87. The summed E-state index contributed by atoms with van der Waals surface area (Å²) in [6.07, 6.45) is 0.921. The number of aromatic amines is 1. The van der Waals surface area contributed by atoms with Crippen molar-refractivity contribution in [1.29, 1.82) is 0 Å². The Balaban J connectivity index is 2.26. The van der Waals surface area contributed by atoms with Crippen LogP contribution in [0.1, 0.15) is 30.8 Å². The maximum Gasteiger partial charge on any atom is 0.213 e. The van der Waals surface area contributed by atoms with E-state index in [1.54, 1.807) is 11.8 Å². The van der Waals surface area contributed by atoms with Crippen LogP contribution in [-0.4, -0.2) is 15.2 Å². The maximum atomic E-state index is 6.09. The Hall–Kier alpha value is -1.33. The zero-order valence-corrected chi connectivity index (χ0v) is 10.8. The lowest BCUT2D eigenvalue weighted by atomic mass is 10.1. The average Bonchev–Trinajstić information content (AvgIpc) is 2.74. The van der Waals surface area contributed by atoms with Gasteiger partial charge < -0.3 is 5.73 Å². The van der Waals surface area contributed by atoms with Crippen molar-refractivity contribution in [1.82, 2.24) is 15.2 Å². The quantitative estimate of drug-likeness (QED) is 0.873. The van der Waals surface area contributed by atoms with Crippen molar-refractivity contribution in [2.45, 2.75) is 36.4 Å². The van der Waals surface area contributed by atoms with Gasteiger partial charge in [-0.15, -0.1) is 5.10 Å². The van der Waals surface area contributed by atoms with Crippen LogP contribution < -0.4 is 5.73 Å². The van der Waals surface area contributed by atoms with Gasteiger partial charge in [-0.05, 0) is 36.7 Å². The van der Waals surface area contributed by atoms with E-state index in [9.17, 15) is 0 Å². The molecule has 4 nitrogen and oxygen atoms in total. The van der Waals surface area contributed by atoms with Gasteiger partial charge in [0.1, 0.15) is 5.82 Å². The van der Waals surface area contributed by atoms with E-state index in [2.05, 4.69) is 34.2 Å². The number of nitrogens with one attached hydrogen (secondary N) is 1. The van der Waals surface area contributed by atoms with Gasteiger partial charge in [-0.1, -0.05) is 25.1 Å². The van der Waals surface area contributed by atoms with E-state index in [4.69, 9.17) is 5.73 Å². The first-order chi connectivity index (χ1) is 8.20. The minimum Gasteiger partial charge on any atom is -0.324 e. The highest BCUT2D eigenvalue weighted by Crippen LogP contribution is 2.31. The molecule has 0 aliphatic rings. The fourth-order valence-electron chi connectivity index (χ4n) is 1.57. The molecule has 1 aromatic heterocycles. The SMILES string of the molecule is CC[C@@H](N)c1ccccc1Sc1n[nH]c(C)n1. The van der Waals surface area contributed by atoms with E-state index in [1.807, 2.05) is 19.1 Å². The summed E-state index contributed by atoms with van der Waals surface area (Å²) in [5.74, 6) is 0.824. The summed E-state index contributed by atoms with van der Waals surface area (Å²) in [4.78, 5) is 5.41. The number of benzene rings is 1. The molecule has 5 heteroatoms. The summed E-state index contributed by atoms with van der Waals surface area (Å²) in [6.45, 7) is 3.98. The fraction of sp³-hybridized carbons (Fsp3) is 0.333. The van der Waals surface area contributed by atoms with E-state index >= 15 is 0 Å². The number of hydrogen-bond donors (Lipinski definition) is 2. The molecule has 0 amide bonds. The van der Waals surface area contributed by atoms with Crippen LogP contribution in [0.15, 0.2) is 34.3 Å². The highest BCUT2D eigenvalue weighted by atomic mass is 32.2. The molecular weight excluding hydrogens is 232 g/mol. The molecule has 2 rings (SSSR count). The van der Waals surface area contributed by atoms with E-state index in [-0.39, 0.29) is 6.04 Å². The topological polar surface area (TPSA) is 67.6 Å². The molecule has 0 unspecified atom stereocenters. The van der Waals surface area contributed by atoms with Crippen LogP contribution in [0.4, 0.5) is 0 Å². The number of rotatable bonds is 4. The van der Waals surface area contributed by atoms with Crippen LogP contribution >= 0.6 is 11.8 Å². The number of nitrogens with two attached hydrogens (primary N) is 1. The monoisotopic (exact) mass is 248 g/mol. The fourth-order valence-corrected chi connectivity index (χ4v) is 2.52. The van der Waals surface area contributed by atoms with Crippen molar-refractivity contribution >= 4 is 11.8 Å². The molecule has 0 bridgehead atoms. The number of aryl methyl sites for hydroxylation is 1. The van der Waals surface area contributed by atoms with Crippen molar-refractivity contribution in [3.63, 3.8) is 0 Å². The third-order valence-corrected chi connectivity index (χ3v) is 3.49. The summed E-state index contributed by atoms with van der Waals surface area (Å²) in [7, 11) is 0. The molecule has 90 valence electrons. The number of nitrogens with zero attached hydrogens (tertiary/aromatic N) is 2. The molecule has 2 aromatic rings. The van der Waals surface area contributed by atoms with Crippen molar-refractivity contribution in [2.24, 2.45) is 5.73 Å². The number of H-pyrrole nitrogens is 1. The molecule has 0 radical (unpaired) electrons. The first-order valence-electron chi connectivity index (χ1n) is 5.62. The first kappa shape index (κ1) is 12.1. The van der Waals surface area contributed by atoms with Crippen molar-refractivity contribution in [3.8, 4) is 0 Å². The molecule has 0 aliphatic heterocycles. The van der Waals surface area contributed by atoms with Crippen LogP contribution in [0.2, 0.25) is 0 Å². The predicted molar refractivity (Wildman–Crippen MR) is 68.9 cm³/mol. The Morgan fingerprint density at radius 2 is 2.18 bits per heavy atom. The van der Waals surface area contributed by atoms with Gasteiger partial charge in [-0.25, -0.2) is 4.98 Å². The van der Waals surface area contributed by atoms with Gasteiger partial charge in [-0.2, -0.15) is 0 Å². The molecule has 0 saturated carbocycles. The largest absolute Gasteiger partial charge is 0.324 e. The lowest BCUT2D eigenvalue weighted by molar-refractivity contribution is 0.685. The highest BCUT2D eigenvalue weighted by molar-refractivity contribution is 7.99. The van der Waals surface area contributed by atoms with E-state index < -0.39 is 0 Å². The predicted octanol–water partition coefficient (Wildman–Crippen LogP) is 2.67. The van der Waals surface area contributed by atoms with Crippen LogP contribution in [-0.2, 0) is 0 Å². The summed E-state index contributed by atoms with van der Waals surface area (Å²) < 4.78 is 0. The van der Waals surface area contributed by atoms with E-state index in [0.717, 1.165) is 27.9 Å². The third-order valence-electron chi connectivity index (χ3n) is 2.54. The van der Waals surface area contributed by atoms with Crippen molar-refractivity contribution < 1.29 is 0 Å². The molecule has 1 heterocycles. The van der Waals surface area contributed by atoms with Gasteiger partial charge in [-0.3, -0.25) is 5.10 Å². The molecule has 0 saturated heterocycles. The zero-order chi connectivity index (χ0) is 12.3. The molecule has 0 fully saturated rings. The molecule has 0 aliphatic carbocycles. The summed E-state index contributed by atoms with van der Waals surface area (Å²) in [6, 6.07) is 8.21. The summed E-state index contributed by atoms with van der Waals surface area (Å²) >= 11 is 1.55. The molecular formula is C12H16N4S. The minimum absolute atomic E-state index is 0.0683. The number of aromatic nitrogens is 3. The second kappa shape index (κ2) is 5.33. The Morgan fingerprint density at radius 1 is 1.41 bits per heavy atom. The zero-order valence-electron chi connectivity index (χ0n) is 9.97. The highest BCUT2D eigenvalue weighted by Gasteiger charge is 2.11. The second-order valence-electron chi connectivity index (χ2n) is 3.86. The summed E-state index contributed by atoms with van der Waals surface area (Å²) in [5, 5.41) is 7.70. The Morgan fingerprint density at radius 3 is 2.82 bits per heavy atom. The molecule has 1 aromatic carbocycles. The van der Waals surface area contributed by atoms with Crippen molar-refractivity contribution in [3.05, 3.63) is 35.7 Å².